The lowest BCUT2D eigenvalue weighted by Crippen LogP contribution is -2.26. The van der Waals surface area contributed by atoms with E-state index in [2.05, 4.69) is 23.6 Å². The average molecular weight is 369 g/mol. The first kappa shape index (κ1) is 18.4. The molecular weight excluding hydrogens is 346 g/mol. The molecule has 26 heavy (non-hydrogen) atoms. The molecule has 0 spiro atoms. The van der Waals surface area contributed by atoms with Crippen molar-refractivity contribution in [1.82, 2.24) is 14.3 Å². The second kappa shape index (κ2) is 7.43. The van der Waals surface area contributed by atoms with Gasteiger partial charge in [0.2, 0.25) is 10.0 Å². The van der Waals surface area contributed by atoms with Crippen LogP contribution in [0.25, 0.3) is 5.69 Å². The minimum Gasteiger partial charge on any atom is -0.306 e. The van der Waals surface area contributed by atoms with Gasteiger partial charge in [0.15, 0.2) is 0 Å². The lowest BCUT2D eigenvalue weighted by Gasteiger charge is -2.16. The lowest BCUT2D eigenvalue weighted by molar-refractivity contribution is 0.567. The molecule has 3 rings (SSSR count). The molecule has 0 radical (unpaired) electrons. The molecule has 1 atom stereocenters. The number of imidazole rings is 1. The molecule has 1 N–H and O–H groups in total. The third kappa shape index (κ3) is 4.03. The maximum Gasteiger partial charge on any atom is 0.241 e. The smallest absolute Gasteiger partial charge is 0.241 e. The van der Waals surface area contributed by atoms with Crippen molar-refractivity contribution in [1.29, 1.82) is 0 Å². The fourth-order valence-electron chi connectivity index (χ4n) is 2.75. The van der Waals surface area contributed by atoms with Crippen LogP contribution in [0.5, 0.6) is 0 Å². The van der Waals surface area contributed by atoms with Crippen LogP contribution in [0.3, 0.4) is 0 Å². The molecule has 136 valence electrons. The second-order valence-corrected chi connectivity index (χ2v) is 8.34. The normalized spacial score (nSPS) is 13.1. The van der Waals surface area contributed by atoms with Crippen LogP contribution < -0.4 is 4.72 Å². The highest BCUT2D eigenvalue weighted by Crippen LogP contribution is 2.21. The summed E-state index contributed by atoms with van der Waals surface area (Å²) in [6.07, 6.45) is 5.30. The Balaban J connectivity index is 1.74. The topological polar surface area (TPSA) is 64.0 Å². The monoisotopic (exact) mass is 369 g/mol. The Morgan fingerprint density at radius 2 is 1.54 bits per heavy atom. The van der Waals surface area contributed by atoms with Crippen molar-refractivity contribution in [3.05, 3.63) is 78.4 Å². The zero-order chi connectivity index (χ0) is 18.7. The van der Waals surface area contributed by atoms with E-state index in [1.807, 2.05) is 54.1 Å². The van der Waals surface area contributed by atoms with Crippen LogP contribution in [0.1, 0.15) is 43.9 Å². The fourth-order valence-corrected chi connectivity index (χ4v) is 3.98. The van der Waals surface area contributed by atoms with E-state index in [4.69, 9.17) is 0 Å². The molecule has 0 aliphatic rings. The van der Waals surface area contributed by atoms with E-state index in [0.29, 0.717) is 5.92 Å². The van der Waals surface area contributed by atoms with Gasteiger partial charge in [0.05, 0.1) is 11.2 Å². The summed E-state index contributed by atoms with van der Waals surface area (Å²) in [5.41, 5.74) is 2.99. The van der Waals surface area contributed by atoms with E-state index in [1.54, 1.807) is 24.7 Å². The van der Waals surface area contributed by atoms with Crippen LogP contribution >= 0.6 is 0 Å². The summed E-state index contributed by atoms with van der Waals surface area (Å²) in [4.78, 5) is 4.31. The first-order valence-corrected chi connectivity index (χ1v) is 10.1. The van der Waals surface area contributed by atoms with Crippen molar-refractivity contribution in [2.75, 3.05) is 0 Å². The van der Waals surface area contributed by atoms with Crippen LogP contribution in [0.15, 0.2) is 72.1 Å². The number of nitrogens with zero attached hydrogens (tertiary/aromatic N) is 2. The summed E-state index contributed by atoms with van der Waals surface area (Å²) in [5, 5.41) is 0. The molecule has 0 aliphatic carbocycles. The zero-order valence-electron chi connectivity index (χ0n) is 15.1. The number of hydrogen-bond donors (Lipinski definition) is 1. The van der Waals surface area contributed by atoms with E-state index in [0.717, 1.165) is 16.8 Å². The van der Waals surface area contributed by atoms with Gasteiger partial charge < -0.3 is 4.57 Å². The van der Waals surface area contributed by atoms with Gasteiger partial charge in [0.25, 0.3) is 0 Å². The van der Waals surface area contributed by atoms with E-state index in [9.17, 15) is 8.42 Å². The largest absolute Gasteiger partial charge is 0.306 e. The van der Waals surface area contributed by atoms with Gasteiger partial charge in [0, 0.05) is 24.1 Å². The van der Waals surface area contributed by atoms with Crippen molar-refractivity contribution in [3.63, 3.8) is 0 Å². The second-order valence-electron chi connectivity index (χ2n) is 6.63. The summed E-state index contributed by atoms with van der Waals surface area (Å²) in [5.74, 6) is 0.368. The molecular formula is C20H23N3O2S. The standard InChI is InChI=1S/C20H23N3O2S/c1-15(2)17-6-10-20(11-7-17)26(24,25)22-16(3)18-4-8-19(9-5-18)23-13-12-21-14-23/h4-16,22H,1-3H3. The van der Waals surface area contributed by atoms with Crippen molar-refractivity contribution in [2.24, 2.45) is 0 Å². The predicted molar refractivity (Wildman–Crippen MR) is 103 cm³/mol. The fraction of sp³-hybridized carbons (Fsp3) is 0.250. The maximum absolute atomic E-state index is 12.6. The lowest BCUT2D eigenvalue weighted by atomic mass is 10.0. The molecule has 0 saturated heterocycles. The highest BCUT2D eigenvalue weighted by molar-refractivity contribution is 7.89. The summed E-state index contributed by atoms with van der Waals surface area (Å²) >= 11 is 0. The molecule has 0 saturated carbocycles. The van der Waals surface area contributed by atoms with Crippen LogP contribution in [-0.2, 0) is 10.0 Å². The average Bonchev–Trinajstić information content (AvgIpc) is 3.16. The van der Waals surface area contributed by atoms with E-state index in [-0.39, 0.29) is 10.9 Å². The molecule has 1 aromatic heterocycles. The molecule has 1 heterocycles. The van der Waals surface area contributed by atoms with Gasteiger partial charge in [0.1, 0.15) is 0 Å². The number of benzene rings is 2. The van der Waals surface area contributed by atoms with Crippen LogP contribution in [0.2, 0.25) is 0 Å². The Labute approximate surface area is 154 Å². The molecule has 5 nitrogen and oxygen atoms in total. The molecule has 0 fully saturated rings. The van der Waals surface area contributed by atoms with Crippen LogP contribution in [0.4, 0.5) is 0 Å². The first-order chi connectivity index (χ1) is 12.4. The minimum absolute atomic E-state index is 0.281. The highest BCUT2D eigenvalue weighted by atomic mass is 32.2. The van der Waals surface area contributed by atoms with Crippen molar-refractivity contribution < 1.29 is 8.42 Å². The number of rotatable bonds is 6. The molecule has 2 aromatic carbocycles. The summed E-state index contributed by atoms with van der Waals surface area (Å²) in [6.45, 7) is 6.00. The van der Waals surface area contributed by atoms with Crippen LogP contribution in [0, 0.1) is 0 Å². The van der Waals surface area contributed by atoms with Gasteiger partial charge in [-0.15, -0.1) is 0 Å². The summed E-state index contributed by atoms with van der Waals surface area (Å²) in [6, 6.07) is 14.4. The Kier molecular flexibility index (Phi) is 5.25. The van der Waals surface area contributed by atoms with Gasteiger partial charge in [-0.2, -0.15) is 0 Å². The number of sulfonamides is 1. The number of aromatic nitrogens is 2. The summed E-state index contributed by atoms with van der Waals surface area (Å²) in [7, 11) is -3.57. The maximum atomic E-state index is 12.6. The predicted octanol–water partition coefficient (Wildman–Crippen LogP) is 4.04. The minimum atomic E-state index is -3.57. The number of nitrogens with one attached hydrogen (secondary N) is 1. The Morgan fingerprint density at radius 1 is 0.923 bits per heavy atom. The summed E-state index contributed by atoms with van der Waals surface area (Å²) < 4.78 is 29.9. The van der Waals surface area contributed by atoms with E-state index < -0.39 is 10.0 Å². The van der Waals surface area contributed by atoms with Gasteiger partial charge in [-0.3, -0.25) is 0 Å². The first-order valence-electron chi connectivity index (χ1n) is 8.57. The zero-order valence-corrected chi connectivity index (χ0v) is 15.9. The molecule has 0 bridgehead atoms. The number of hydrogen-bond acceptors (Lipinski definition) is 3. The third-order valence-electron chi connectivity index (χ3n) is 4.38. The van der Waals surface area contributed by atoms with Gasteiger partial charge >= 0.3 is 0 Å². The molecule has 0 amide bonds. The third-order valence-corrected chi connectivity index (χ3v) is 5.94. The quantitative estimate of drug-likeness (QED) is 0.713. The van der Waals surface area contributed by atoms with Crippen molar-refractivity contribution in [3.8, 4) is 5.69 Å². The Bertz CT molecular complexity index is 945. The van der Waals surface area contributed by atoms with E-state index in [1.165, 1.54) is 0 Å². The van der Waals surface area contributed by atoms with Crippen LogP contribution in [-0.4, -0.2) is 18.0 Å². The molecule has 1 unspecified atom stereocenters. The van der Waals surface area contributed by atoms with Gasteiger partial charge in [-0.25, -0.2) is 18.1 Å². The van der Waals surface area contributed by atoms with Gasteiger partial charge in [-0.1, -0.05) is 38.1 Å². The SMILES string of the molecule is CC(C)c1ccc(S(=O)(=O)NC(C)c2ccc(-n3ccnc3)cc2)cc1. The molecule has 0 aliphatic heterocycles. The molecule has 6 heteroatoms. The van der Waals surface area contributed by atoms with Crippen molar-refractivity contribution in [2.45, 2.75) is 37.6 Å². The molecule has 3 aromatic rings. The van der Waals surface area contributed by atoms with Gasteiger partial charge in [-0.05, 0) is 48.2 Å². The van der Waals surface area contributed by atoms with Crippen molar-refractivity contribution >= 4 is 10.0 Å². The Hall–Kier alpha value is -2.44. The van der Waals surface area contributed by atoms with E-state index >= 15 is 0 Å². The Morgan fingerprint density at radius 3 is 2.08 bits per heavy atom. The highest BCUT2D eigenvalue weighted by Gasteiger charge is 2.18.